The van der Waals surface area contributed by atoms with Crippen molar-refractivity contribution in [1.82, 2.24) is 0 Å². The topological polar surface area (TPSA) is 46.5 Å². The maximum absolute atomic E-state index is 11.6. The van der Waals surface area contributed by atoms with Gasteiger partial charge in [-0.25, -0.2) is 4.79 Å². The number of rotatable bonds is 4. The van der Waals surface area contributed by atoms with E-state index in [0.29, 0.717) is 18.4 Å². The summed E-state index contributed by atoms with van der Waals surface area (Å²) in [7, 11) is 1.38. The van der Waals surface area contributed by atoms with Crippen LogP contribution in [0.2, 0.25) is 0 Å². The van der Waals surface area contributed by atoms with Gasteiger partial charge in [0.25, 0.3) is 0 Å². The van der Waals surface area contributed by atoms with E-state index in [4.69, 9.17) is 4.74 Å². The van der Waals surface area contributed by atoms with Gasteiger partial charge in [0.05, 0.1) is 12.7 Å². The minimum Gasteiger partial charge on any atom is -0.508 e. The lowest BCUT2D eigenvalue weighted by Crippen LogP contribution is -2.06. The Balaban J connectivity index is 2.16. The number of phenols is 1. The second-order valence-electron chi connectivity index (χ2n) is 4.28. The van der Waals surface area contributed by atoms with Crippen LogP contribution in [0.25, 0.3) is 0 Å². The first-order valence-corrected chi connectivity index (χ1v) is 6.15. The highest BCUT2D eigenvalue weighted by molar-refractivity contribution is 5.90. The molecule has 1 N–H and O–H groups in total. The Morgan fingerprint density at radius 3 is 2.26 bits per heavy atom. The zero-order valence-corrected chi connectivity index (χ0v) is 10.8. The quantitative estimate of drug-likeness (QED) is 0.855. The van der Waals surface area contributed by atoms with E-state index >= 15 is 0 Å². The number of methoxy groups -OCH3 is 1. The number of ether oxygens (including phenoxy) is 1. The van der Waals surface area contributed by atoms with Crippen molar-refractivity contribution >= 4 is 5.97 Å². The molecule has 98 valence electrons. The number of aryl methyl sites for hydroxylation is 2. The monoisotopic (exact) mass is 256 g/mol. The number of hydrogen-bond donors (Lipinski definition) is 1. The minimum absolute atomic E-state index is 0.290. The SMILES string of the molecule is COC(=O)c1ccccc1CCc1ccccc1O. The van der Waals surface area contributed by atoms with Gasteiger partial charge in [0.1, 0.15) is 5.75 Å². The molecule has 0 saturated heterocycles. The van der Waals surface area contributed by atoms with Crippen molar-refractivity contribution in [3.8, 4) is 5.75 Å². The fourth-order valence-corrected chi connectivity index (χ4v) is 2.04. The Morgan fingerprint density at radius 1 is 1.00 bits per heavy atom. The molecule has 0 aliphatic rings. The smallest absolute Gasteiger partial charge is 0.338 e. The van der Waals surface area contributed by atoms with E-state index in [1.54, 1.807) is 18.2 Å². The van der Waals surface area contributed by atoms with Gasteiger partial charge in [-0.2, -0.15) is 0 Å². The summed E-state index contributed by atoms with van der Waals surface area (Å²) in [6.45, 7) is 0. The molecule has 2 aromatic rings. The van der Waals surface area contributed by atoms with Gasteiger partial charge in [-0.05, 0) is 36.1 Å². The van der Waals surface area contributed by atoms with Gasteiger partial charge in [0, 0.05) is 0 Å². The lowest BCUT2D eigenvalue weighted by molar-refractivity contribution is 0.0599. The van der Waals surface area contributed by atoms with Crippen LogP contribution >= 0.6 is 0 Å². The van der Waals surface area contributed by atoms with Gasteiger partial charge in [-0.15, -0.1) is 0 Å². The number of phenolic OH excluding ortho intramolecular Hbond substituents is 1. The second kappa shape index (κ2) is 6.05. The molecular weight excluding hydrogens is 240 g/mol. The molecule has 0 radical (unpaired) electrons. The van der Waals surface area contributed by atoms with Crippen LogP contribution in [0, 0.1) is 0 Å². The lowest BCUT2D eigenvalue weighted by Gasteiger charge is -2.08. The summed E-state index contributed by atoms with van der Waals surface area (Å²) in [5, 5.41) is 9.72. The summed E-state index contributed by atoms with van der Waals surface area (Å²) >= 11 is 0. The third kappa shape index (κ3) is 3.13. The number of carbonyl (C=O) groups excluding carboxylic acids is 1. The van der Waals surface area contributed by atoms with Crippen LogP contribution in [0.15, 0.2) is 48.5 Å². The molecule has 0 amide bonds. The predicted octanol–water partition coefficient (Wildman–Crippen LogP) is 2.96. The van der Waals surface area contributed by atoms with E-state index in [-0.39, 0.29) is 11.7 Å². The molecule has 3 heteroatoms. The molecule has 0 aromatic heterocycles. The molecule has 0 heterocycles. The van der Waals surface area contributed by atoms with Crippen molar-refractivity contribution in [2.75, 3.05) is 7.11 Å². The summed E-state index contributed by atoms with van der Waals surface area (Å²) in [6.07, 6.45) is 1.36. The molecule has 2 aromatic carbocycles. The fraction of sp³-hybridized carbons (Fsp3) is 0.188. The summed E-state index contributed by atoms with van der Waals surface area (Å²) < 4.78 is 4.76. The molecule has 2 rings (SSSR count). The number of hydrogen-bond acceptors (Lipinski definition) is 3. The highest BCUT2D eigenvalue weighted by Crippen LogP contribution is 2.19. The van der Waals surface area contributed by atoms with E-state index in [1.807, 2.05) is 30.3 Å². The van der Waals surface area contributed by atoms with Gasteiger partial charge in [0.2, 0.25) is 0 Å². The van der Waals surface area contributed by atoms with Gasteiger partial charge in [-0.3, -0.25) is 0 Å². The first kappa shape index (κ1) is 13.1. The molecule has 0 saturated carbocycles. The number of carbonyl (C=O) groups is 1. The first-order chi connectivity index (χ1) is 9.22. The summed E-state index contributed by atoms with van der Waals surface area (Å²) in [5.41, 5.74) is 2.39. The normalized spacial score (nSPS) is 10.2. The molecule has 0 unspecified atom stereocenters. The van der Waals surface area contributed by atoms with Crippen molar-refractivity contribution < 1.29 is 14.6 Å². The van der Waals surface area contributed by atoms with Gasteiger partial charge < -0.3 is 9.84 Å². The van der Waals surface area contributed by atoms with E-state index in [2.05, 4.69) is 0 Å². The van der Waals surface area contributed by atoms with Crippen molar-refractivity contribution in [2.45, 2.75) is 12.8 Å². The average molecular weight is 256 g/mol. The molecule has 0 atom stereocenters. The Kier molecular flexibility index (Phi) is 4.18. The summed E-state index contributed by atoms with van der Waals surface area (Å²) in [4.78, 5) is 11.6. The van der Waals surface area contributed by atoms with Crippen molar-refractivity contribution in [1.29, 1.82) is 0 Å². The Morgan fingerprint density at radius 2 is 1.58 bits per heavy atom. The van der Waals surface area contributed by atoms with Crippen LogP contribution < -0.4 is 0 Å². The maximum atomic E-state index is 11.6. The van der Waals surface area contributed by atoms with Crippen molar-refractivity contribution in [3.05, 3.63) is 65.2 Å². The van der Waals surface area contributed by atoms with Gasteiger partial charge in [-0.1, -0.05) is 36.4 Å². The van der Waals surface area contributed by atoms with Crippen LogP contribution in [0.3, 0.4) is 0 Å². The fourth-order valence-electron chi connectivity index (χ4n) is 2.04. The molecule has 0 aliphatic carbocycles. The highest BCUT2D eigenvalue weighted by Gasteiger charge is 2.11. The zero-order valence-electron chi connectivity index (χ0n) is 10.8. The van der Waals surface area contributed by atoms with Crippen molar-refractivity contribution in [3.63, 3.8) is 0 Å². The Labute approximate surface area is 112 Å². The third-order valence-electron chi connectivity index (χ3n) is 3.08. The van der Waals surface area contributed by atoms with Crippen molar-refractivity contribution in [2.24, 2.45) is 0 Å². The van der Waals surface area contributed by atoms with Crippen LogP contribution in [0.5, 0.6) is 5.75 Å². The zero-order chi connectivity index (χ0) is 13.7. The molecule has 0 fully saturated rings. The molecule has 0 aliphatic heterocycles. The van der Waals surface area contributed by atoms with Crippen LogP contribution in [0.4, 0.5) is 0 Å². The first-order valence-electron chi connectivity index (χ1n) is 6.15. The van der Waals surface area contributed by atoms with Crippen LogP contribution in [0.1, 0.15) is 21.5 Å². The lowest BCUT2D eigenvalue weighted by atomic mass is 9.99. The molecule has 0 spiro atoms. The van der Waals surface area contributed by atoms with E-state index in [9.17, 15) is 9.90 Å². The molecule has 3 nitrogen and oxygen atoms in total. The van der Waals surface area contributed by atoms with E-state index < -0.39 is 0 Å². The summed E-state index contributed by atoms with van der Waals surface area (Å²) in [6, 6.07) is 14.6. The summed E-state index contributed by atoms with van der Waals surface area (Å²) in [5.74, 6) is -0.0362. The van der Waals surface area contributed by atoms with Crippen LogP contribution in [-0.2, 0) is 17.6 Å². The van der Waals surface area contributed by atoms with Gasteiger partial charge >= 0.3 is 5.97 Å². The standard InChI is InChI=1S/C16H16O3/c1-19-16(18)14-8-4-2-6-12(14)10-11-13-7-3-5-9-15(13)17/h2-9,17H,10-11H2,1H3. The van der Waals surface area contributed by atoms with E-state index in [0.717, 1.165) is 11.1 Å². The average Bonchev–Trinajstić information content (AvgIpc) is 2.46. The maximum Gasteiger partial charge on any atom is 0.338 e. The largest absolute Gasteiger partial charge is 0.508 e. The second-order valence-corrected chi connectivity index (χ2v) is 4.28. The number of benzene rings is 2. The van der Waals surface area contributed by atoms with Gasteiger partial charge in [0.15, 0.2) is 0 Å². The van der Waals surface area contributed by atoms with E-state index in [1.165, 1.54) is 7.11 Å². The van der Waals surface area contributed by atoms with Crippen LogP contribution in [-0.4, -0.2) is 18.2 Å². The Hall–Kier alpha value is -2.29. The molecule has 0 bridgehead atoms. The molecular formula is C16H16O3. The number of esters is 1. The minimum atomic E-state index is -0.326. The molecule has 19 heavy (non-hydrogen) atoms. The predicted molar refractivity (Wildman–Crippen MR) is 73.3 cm³/mol. The third-order valence-corrected chi connectivity index (χ3v) is 3.08. The number of aromatic hydroxyl groups is 1. The Bertz CT molecular complexity index is 576. The number of para-hydroxylation sites is 1. The highest BCUT2D eigenvalue weighted by atomic mass is 16.5.